The fourth-order valence-electron chi connectivity index (χ4n) is 1.16. The zero-order chi connectivity index (χ0) is 9.03. The smallest absolute Gasteiger partial charge is 0.165 e. The predicted molar refractivity (Wildman–Crippen MR) is 46.0 cm³/mol. The van der Waals surface area contributed by atoms with Crippen LogP contribution in [0.1, 0.15) is 27.2 Å². The molecule has 1 heterocycles. The van der Waals surface area contributed by atoms with Gasteiger partial charge >= 0.3 is 0 Å². The molecular weight excluding hydrogens is 156 g/mol. The van der Waals surface area contributed by atoms with Crippen LogP contribution in [0.15, 0.2) is 0 Å². The third kappa shape index (κ3) is 2.44. The molecule has 0 bridgehead atoms. The van der Waals surface area contributed by atoms with Gasteiger partial charge in [0.25, 0.3) is 0 Å². The van der Waals surface area contributed by atoms with Gasteiger partial charge in [-0.1, -0.05) is 6.92 Å². The molecule has 0 atom stereocenters. The Kier molecular flexibility index (Phi) is 3.50. The van der Waals surface area contributed by atoms with Gasteiger partial charge in [-0.25, -0.2) is 0 Å². The first-order valence-electron chi connectivity index (χ1n) is 4.59. The van der Waals surface area contributed by atoms with Gasteiger partial charge in [0.15, 0.2) is 5.79 Å². The first-order valence-corrected chi connectivity index (χ1v) is 4.59. The van der Waals surface area contributed by atoms with Crippen molar-refractivity contribution < 1.29 is 14.2 Å². The number of hydrogen-bond donors (Lipinski definition) is 0. The molecule has 3 nitrogen and oxygen atoms in total. The van der Waals surface area contributed by atoms with E-state index in [9.17, 15) is 0 Å². The molecule has 72 valence electrons. The van der Waals surface area contributed by atoms with Crippen molar-refractivity contribution in [3.8, 4) is 0 Å². The van der Waals surface area contributed by atoms with Crippen LogP contribution in [0.2, 0.25) is 0 Å². The Balaban J connectivity index is 2.29. The molecule has 1 fully saturated rings. The standard InChI is InChI=1S/C9H18O3/c1-4-9(3)11-6-8(7-12-9)10-5-2/h8H,4-7H2,1-3H3. The predicted octanol–water partition coefficient (Wildman–Crippen LogP) is 1.56. The zero-order valence-corrected chi connectivity index (χ0v) is 8.13. The van der Waals surface area contributed by atoms with Crippen LogP contribution in [0, 0.1) is 0 Å². The van der Waals surface area contributed by atoms with E-state index in [-0.39, 0.29) is 11.9 Å². The summed E-state index contributed by atoms with van der Waals surface area (Å²) in [5.74, 6) is -0.381. The van der Waals surface area contributed by atoms with Crippen molar-refractivity contribution >= 4 is 0 Å². The van der Waals surface area contributed by atoms with Gasteiger partial charge in [0, 0.05) is 6.61 Å². The van der Waals surface area contributed by atoms with Gasteiger partial charge in [-0.3, -0.25) is 0 Å². The van der Waals surface area contributed by atoms with Gasteiger partial charge in [0.1, 0.15) is 6.10 Å². The highest BCUT2D eigenvalue weighted by molar-refractivity contribution is 4.69. The average Bonchev–Trinajstić information content (AvgIpc) is 2.10. The number of rotatable bonds is 3. The Morgan fingerprint density at radius 1 is 1.33 bits per heavy atom. The Labute approximate surface area is 74.0 Å². The summed E-state index contributed by atoms with van der Waals surface area (Å²) in [7, 11) is 0. The monoisotopic (exact) mass is 174 g/mol. The van der Waals surface area contributed by atoms with E-state index in [1.165, 1.54) is 0 Å². The molecule has 0 spiro atoms. The lowest BCUT2D eigenvalue weighted by Crippen LogP contribution is -2.44. The minimum Gasteiger partial charge on any atom is -0.374 e. The molecule has 0 aromatic rings. The molecule has 0 N–H and O–H groups in total. The Hall–Kier alpha value is -0.120. The minimum absolute atomic E-state index is 0.120. The first-order chi connectivity index (χ1) is 5.70. The van der Waals surface area contributed by atoms with E-state index in [0.29, 0.717) is 13.2 Å². The van der Waals surface area contributed by atoms with Crippen molar-refractivity contribution in [3.63, 3.8) is 0 Å². The second-order valence-electron chi connectivity index (χ2n) is 3.19. The molecule has 0 saturated carbocycles. The van der Waals surface area contributed by atoms with E-state index >= 15 is 0 Å². The third-order valence-electron chi connectivity index (χ3n) is 2.19. The van der Waals surface area contributed by atoms with Crippen LogP contribution in [-0.2, 0) is 14.2 Å². The summed E-state index contributed by atoms with van der Waals surface area (Å²) in [6, 6.07) is 0. The zero-order valence-electron chi connectivity index (χ0n) is 8.13. The Morgan fingerprint density at radius 3 is 2.33 bits per heavy atom. The van der Waals surface area contributed by atoms with E-state index in [0.717, 1.165) is 13.0 Å². The summed E-state index contributed by atoms with van der Waals surface area (Å²) < 4.78 is 16.4. The molecule has 1 aliphatic heterocycles. The van der Waals surface area contributed by atoms with E-state index in [2.05, 4.69) is 6.92 Å². The van der Waals surface area contributed by atoms with Crippen molar-refractivity contribution in [3.05, 3.63) is 0 Å². The fraction of sp³-hybridized carbons (Fsp3) is 1.00. The molecular formula is C9H18O3. The van der Waals surface area contributed by atoms with Gasteiger partial charge < -0.3 is 14.2 Å². The van der Waals surface area contributed by atoms with Crippen molar-refractivity contribution in [1.29, 1.82) is 0 Å². The largest absolute Gasteiger partial charge is 0.374 e. The second kappa shape index (κ2) is 4.21. The SMILES string of the molecule is CCOC1COC(C)(CC)OC1. The van der Waals surface area contributed by atoms with E-state index < -0.39 is 0 Å². The second-order valence-corrected chi connectivity index (χ2v) is 3.19. The van der Waals surface area contributed by atoms with Gasteiger partial charge in [0.05, 0.1) is 13.2 Å². The molecule has 1 aliphatic rings. The van der Waals surface area contributed by atoms with Crippen LogP contribution in [0.5, 0.6) is 0 Å². The summed E-state index contributed by atoms with van der Waals surface area (Å²) in [6.45, 7) is 8.03. The van der Waals surface area contributed by atoms with Crippen LogP contribution in [-0.4, -0.2) is 31.7 Å². The lowest BCUT2D eigenvalue weighted by Gasteiger charge is -2.36. The van der Waals surface area contributed by atoms with Crippen molar-refractivity contribution in [1.82, 2.24) is 0 Å². The molecule has 0 unspecified atom stereocenters. The van der Waals surface area contributed by atoms with Crippen LogP contribution in [0.4, 0.5) is 0 Å². The van der Waals surface area contributed by atoms with Gasteiger partial charge in [-0.2, -0.15) is 0 Å². The maximum absolute atomic E-state index is 5.53. The van der Waals surface area contributed by atoms with E-state index in [1.807, 2.05) is 13.8 Å². The molecule has 1 saturated heterocycles. The lowest BCUT2D eigenvalue weighted by molar-refractivity contribution is -0.289. The van der Waals surface area contributed by atoms with Crippen LogP contribution >= 0.6 is 0 Å². The Bertz CT molecular complexity index is 128. The number of hydrogen-bond acceptors (Lipinski definition) is 3. The van der Waals surface area contributed by atoms with Crippen LogP contribution < -0.4 is 0 Å². The summed E-state index contributed by atoms with van der Waals surface area (Å²) in [5, 5.41) is 0. The molecule has 12 heavy (non-hydrogen) atoms. The van der Waals surface area contributed by atoms with Crippen LogP contribution in [0.3, 0.4) is 0 Å². The van der Waals surface area contributed by atoms with Crippen molar-refractivity contribution in [2.75, 3.05) is 19.8 Å². The van der Waals surface area contributed by atoms with E-state index in [4.69, 9.17) is 14.2 Å². The van der Waals surface area contributed by atoms with E-state index in [1.54, 1.807) is 0 Å². The molecule has 0 amide bonds. The molecule has 1 rings (SSSR count). The number of ether oxygens (including phenoxy) is 3. The maximum atomic E-state index is 5.53. The Morgan fingerprint density at radius 2 is 1.92 bits per heavy atom. The topological polar surface area (TPSA) is 27.7 Å². The third-order valence-corrected chi connectivity index (χ3v) is 2.19. The quantitative estimate of drug-likeness (QED) is 0.650. The highest BCUT2D eigenvalue weighted by Gasteiger charge is 2.31. The average molecular weight is 174 g/mol. The minimum atomic E-state index is -0.381. The maximum Gasteiger partial charge on any atom is 0.165 e. The molecule has 0 aromatic carbocycles. The van der Waals surface area contributed by atoms with Crippen molar-refractivity contribution in [2.24, 2.45) is 0 Å². The lowest BCUT2D eigenvalue weighted by atomic mass is 10.2. The summed E-state index contributed by atoms with van der Waals surface area (Å²) >= 11 is 0. The summed E-state index contributed by atoms with van der Waals surface area (Å²) in [6.07, 6.45) is 1.00. The summed E-state index contributed by atoms with van der Waals surface area (Å²) in [5.41, 5.74) is 0. The molecule has 0 aromatic heterocycles. The normalized spacial score (nSPS) is 36.8. The fourth-order valence-corrected chi connectivity index (χ4v) is 1.16. The van der Waals surface area contributed by atoms with Gasteiger partial charge in [-0.15, -0.1) is 0 Å². The highest BCUT2D eigenvalue weighted by Crippen LogP contribution is 2.22. The van der Waals surface area contributed by atoms with Gasteiger partial charge in [0.2, 0.25) is 0 Å². The molecule has 0 radical (unpaired) electrons. The highest BCUT2D eigenvalue weighted by atomic mass is 16.7. The van der Waals surface area contributed by atoms with Crippen LogP contribution in [0.25, 0.3) is 0 Å². The van der Waals surface area contributed by atoms with Crippen molar-refractivity contribution in [2.45, 2.75) is 39.1 Å². The molecule has 3 heteroatoms. The summed E-state index contributed by atoms with van der Waals surface area (Å²) in [4.78, 5) is 0. The molecule has 0 aliphatic carbocycles. The first kappa shape index (κ1) is 9.96. The van der Waals surface area contributed by atoms with Gasteiger partial charge in [-0.05, 0) is 20.3 Å².